The van der Waals surface area contributed by atoms with E-state index in [2.05, 4.69) is 30.4 Å². The molecule has 0 heterocycles. The molecule has 1 unspecified atom stereocenters. The summed E-state index contributed by atoms with van der Waals surface area (Å²) in [4.78, 5) is 0. The molecule has 0 aromatic heterocycles. The van der Waals surface area contributed by atoms with Crippen molar-refractivity contribution in [3.8, 4) is 0 Å². The van der Waals surface area contributed by atoms with Crippen LogP contribution < -0.4 is 11.1 Å². The third kappa shape index (κ3) is 1.97. The van der Waals surface area contributed by atoms with Crippen LogP contribution in [-0.4, -0.2) is 12.6 Å². The fourth-order valence-corrected chi connectivity index (χ4v) is 2.08. The van der Waals surface area contributed by atoms with Crippen LogP contribution in [0.15, 0.2) is 18.2 Å². The van der Waals surface area contributed by atoms with Crippen molar-refractivity contribution in [2.24, 2.45) is 5.73 Å². The second-order valence-corrected chi connectivity index (χ2v) is 4.05. The molecule has 0 aliphatic heterocycles. The molecule has 0 fully saturated rings. The molecule has 2 rings (SSSR count). The van der Waals surface area contributed by atoms with Crippen molar-refractivity contribution in [2.45, 2.75) is 32.4 Å². The van der Waals surface area contributed by atoms with E-state index in [4.69, 9.17) is 5.73 Å². The summed E-state index contributed by atoms with van der Waals surface area (Å²) in [6, 6.07) is 7.08. The number of benzene rings is 1. The number of hydrogen-bond donors (Lipinski definition) is 2. The summed E-state index contributed by atoms with van der Waals surface area (Å²) in [7, 11) is 0. The SMILES string of the molecule is CCNCc1ccc2c(c1)CC(N)C2. The first-order chi connectivity index (χ1) is 6.79. The Hall–Kier alpha value is -0.860. The Bertz CT molecular complexity index is 320. The predicted octanol–water partition coefficient (Wildman–Crippen LogP) is 1.22. The van der Waals surface area contributed by atoms with Gasteiger partial charge in [0.2, 0.25) is 0 Å². The van der Waals surface area contributed by atoms with Crippen LogP contribution in [0, 0.1) is 0 Å². The Labute approximate surface area is 85.5 Å². The molecular weight excluding hydrogens is 172 g/mol. The molecule has 76 valence electrons. The van der Waals surface area contributed by atoms with Gasteiger partial charge in [-0.05, 0) is 36.1 Å². The van der Waals surface area contributed by atoms with E-state index in [0.717, 1.165) is 25.9 Å². The van der Waals surface area contributed by atoms with Crippen molar-refractivity contribution < 1.29 is 0 Å². The van der Waals surface area contributed by atoms with E-state index in [1.54, 1.807) is 0 Å². The molecule has 0 saturated carbocycles. The molecule has 1 atom stereocenters. The van der Waals surface area contributed by atoms with Crippen molar-refractivity contribution in [2.75, 3.05) is 6.54 Å². The number of nitrogens with one attached hydrogen (secondary N) is 1. The summed E-state index contributed by atoms with van der Waals surface area (Å²) in [5, 5.41) is 3.34. The smallest absolute Gasteiger partial charge is 0.0205 e. The van der Waals surface area contributed by atoms with Gasteiger partial charge in [0.15, 0.2) is 0 Å². The number of fused-ring (bicyclic) bond motifs is 1. The maximum absolute atomic E-state index is 5.92. The second-order valence-electron chi connectivity index (χ2n) is 4.05. The molecule has 0 spiro atoms. The number of hydrogen-bond acceptors (Lipinski definition) is 2. The summed E-state index contributed by atoms with van der Waals surface area (Å²) in [6.45, 7) is 4.12. The zero-order chi connectivity index (χ0) is 9.97. The predicted molar refractivity (Wildman–Crippen MR) is 59.2 cm³/mol. The maximum Gasteiger partial charge on any atom is 0.0205 e. The molecule has 1 aliphatic carbocycles. The second kappa shape index (κ2) is 4.11. The zero-order valence-electron chi connectivity index (χ0n) is 8.72. The Morgan fingerprint density at radius 3 is 2.93 bits per heavy atom. The summed E-state index contributed by atoms with van der Waals surface area (Å²) in [5.41, 5.74) is 10.2. The molecule has 3 N–H and O–H groups in total. The Morgan fingerprint density at radius 2 is 2.14 bits per heavy atom. The van der Waals surface area contributed by atoms with E-state index < -0.39 is 0 Å². The molecule has 1 aromatic rings. The standard InChI is InChI=1S/C12H18N2/c1-2-14-8-9-3-4-10-6-12(13)7-11(10)5-9/h3-5,12,14H,2,6-8,13H2,1H3. The monoisotopic (exact) mass is 190 g/mol. The van der Waals surface area contributed by atoms with Crippen molar-refractivity contribution in [3.63, 3.8) is 0 Å². The van der Waals surface area contributed by atoms with Gasteiger partial charge in [0, 0.05) is 12.6 Å². The van der Waals surface area contributed by atoms with E-state index in [0.29, 0.717) is 6.04 Å². The molecule has 0 amide bonds. The summed E-state index contributed by atoms with van der Waals surface area (Å²) >= 11 is 0. The normalized spacial score (nSPS) is 19.7. The average Bonchev–Trinajstić information content (AvgIpc) is 2.54. The van der Waals surface area contributed by atoms with Crippen LogP contribution >= 0.6 is 0 Å². The molecule has 0 bridgehead atoms. The van der Waals surface area contributed by atoms with E-state index in [1.807, 2.05) is 0 Å². The molecule has 2 heteroatoms. The molecule has 0 saturated heterocycles. The Kier molecular flexibility index (Phi) is 2.85. The summed E-state index contributed by atoms with van der Waals surface area (Å²) in [5.74, 6) is 0. The quantitative estimate of drug-likeness (QED) is 0.752. The third-order valence-corrected chi connectivity index (χ3v) is 2.81. The largest absolute Gasteiger partial charge is 0.327 e. The summed E-state index contributed by atoms with van der Waals surface area (Å²) in [6.07, 6.45) is 2.10. The van der Waals surface area contributed by atoms with Gasteiger partial charge in [-0.2, -0.15) is 0 Å². The van der Waals surface area contributed by atoms with Gasteiger partial charge in [-0.3, -0.25) is 0 Å². The lowest BCUT2D eigenvalue weighted by atomic mass is 10.1. The first kappa shape index (κ1) is 9.69. The molecule has 1 aliphatic rings. The minimum atomic E-state index is 0.347. The first-order valence-electron chi connectivity index (χ1n) is 5.36. The van der Waals surface area contributed by atoms with Crippen LogP contribution in [0.3, 0.4) is 0 Å². The lowest BCUT2D eigenvalue weighted by molar-refractivity contribution is 0.718. The van der Waals surface area contributed by atoms with Crippen LogP contribution in [0.1, 0.15) is 23.6 Å². The van der Waals surface area contributed by atoms with Gasteiger partial charge in [-0.15, -0.1) is 0 Å². The molecule has 2 nitrogen and oxygen atoms in total. The van der Waals surface area contributed by atoms with Gasteiger partial charge >= 0.3 is 0 Å². The Balaban J connectivity index is 2.12. The maximum atomic E-state index is 5.92. The van der Waals surface area contributed by atoms with Crippen molar-refractivity contribution in [3.05, 3.63) is 34.9 Å². The van der Waals surface area contributed by atoms with Gasteiger partial charge < -0.3 is 11.1 Å². The van der Waals surface area contributed by atoms with Gasteiger partial charge in [-0.1, -0.05) is 25.1 Å². The number of rotatable bonds is 3. The van der Waals surface area contributed by atoms with E-state index in [1.165, 1.54) is 16.7 Å². The molecular formula is C12H18N2. The fourth-order valence-electron chi connectivity index (χ4n) is 2.08. The Morgan fingerprint density at radius 1 is 1.36 bits per heavy atom. The zero-order valence-corrected chi connectivity index (χ0v) is 8.72. The highest BCUT2D eigenvalue weighted by molar-refractivity contribution is 5.37. The van der Waals surface area contributed by atoms with Crippen LogP contribution in [0.4, 0.5) is 0 Å². The summed E-state index contributed by atoms with van der Waals surface area (Å²) < 4.78 is 0. The van der Waals surface area contributed by atoms with Crippen LogP contribution in [0.25, 0.3) is 0 Å². The van der Waals surface area contributed by atoms with E-state index in [9.17, 15) is 0 Å². The van der Waals surface area contributed by atoms with Crippen LogP contribution in [0.2, 0.25) is 0 Å². The average molecular weight is 190 g/mol. The van der Waals surface area contributed by atoms with Gasteiger partial charge in [0.1, 0.15) is 0 Å². The van der Waals surface area contributed by atoms with E-state index >= 15 is 0 Å². The number of nitrogens with two attached hydrogens (primary N) is 1. The van der Waals surface area contributed by atoms with E-state index in [-0.39, 0.29) is 0 Å². The third-order valence-electron chi connectivity index (χ3n) is 2.81. The van der Waals surface area contributed by atoms with Gasteiger partial charge in [-0.25, -0.2) is 0 Å². The first-order valence-corrected chi connectivity index (χ1v) is 5.36. The lowest BCUT2D eigenvalue weighted by Gasteiger charge is -2.04. The van der Waals surface area contributed by atoms with Crippen molar-refractivity contribution in [1.82, 2.24) is 5.32 Å². The molecule has 1 aromatic carbocycles. The highest BCUT2D eigenvalue weighted by Crippen LogP contribution is 2.22. The minimum absolute atomic E-state index is 0.347. The van der Waals surface area contributed by atoms with Gasteiger partial charge in [0.05, 0.1) is 0 Å². The molecule has 14 heavy (non-hydrogen) atoms. The lowest BCUT2D eigenvalue weighted by Crippen LogP contribution is -2.19. The minimum Gasteiger partial charge on any atom is -0.327 e. The highest BCUT2D eigenvalue weighted by Gasteiger charge is 2.17. The van der Waals surface area contributed by atoms with Crippen molar-refractivity contribution in [1.29, 1.82) is 0 Å². The van der Waals surface area contributed by atoms with Crippen LogP contribution in [-0.2, 0) is 19.4 Å². The van der Waals surface area contributed by atoms with Gasteiger partial charge in [0.25, 0.3) is 0 Å². The fraction of sp³-hybridized carbons (Fsp3) is 0.500. The highest BCUT2D eigenvalue weighted by atomic mass is 14.8. The van der Waals surface area contributed by atoms with Crippen molar-refractivity contribution >= 4 is 0 Å². The molecule has 0 radical (unpaired) electrons. The topological polar surface area (TPSA) is 38.0 Å². The van der Waals surface area contributed by atoms with Crippen LogP contribution in [0.5, 0.6) is 0 Å².